The Labute approximate surface area is 206 Å². The fourth-order valence-corrected chi connectivity index (χ4v) is 4.29. The highest BCUT2D eigenvalue weighted by Crippen LogP contribution is 2.14. The number of halogens is 1. The predicted molar refractivity (Wildman–Crippen MR) is 142 cm³/mol. The number of hydrogen-bond acceptors (Lipinski definition) is 4. The molecule has 31 heavy (non-hydrogen) atoms. The van der Waals surface area contributed by atoms with E-state index in [1.807, 2.05) is 0 Å². The molecule has 0 amide bonds. The summed E-state index contributed by atoms with van der Waals surface area (Å²) in [7, 11) is 2.22. The summed E-state index contributed by atoms with van der Waals surface area (Å²) < 4.78 is 0. The summed E-state index contributed by atoms with van der Waals surface area (Å²) in [4.78, 5) is 12.4. The second-order valence-electron chi connectivity index (χ2n) is 8.77. The van der Waals surface area contributed by atoms with Gasteiger partial charge in [-0.05, 0) is 70.5 Å². The van der Waals surface area contributed by atoms with Gasteiger partial charge in [0.25, 0.3) is 0 Å². The van der Waals surface area contributed by atoms with Crippen LogP contribution in [-0.4, -0.2) is 86.6 Å². The van der Waals surface area contributed by atoms with E-state index in [0.29, 0.717) is 6.54 Å². The van der Waals surface area contributed by atoms with Gasteiger partial charge in [-0.25, -0.2) is 4.99 Å². The van der Waals surface area contributed by atoms with Gasteiger partial charge in [-0.15, -0.1) is 24.0 Å². The zero-order valence-electron chi connectivity index (χ0n) is 19.6. The van der Waals surface area contributed by atoms with Gasteiger partial charge >= 0.3 is 0 Å². The van der Waals surface area contributed by atoms with Crippen LogP contribution in [0.15, 0.2) is 29.3 Å². The largest absolute Gasteiger partial charge is 0.357 e. The molecule has 3 rings (SSSR count). The van der Waals surface area contributed by atoms with Crippen LogP contribution >= 0.6 is 24.0 Å². The van der Waals surface area contributed by atoms with Gasteiger partial charge in [0, 0.05) is 39.3 Å². The molecule has 0 saturated carbocycles. The Kier molecular flexibility index (Phi) is 12.8. The fourth-order valence-electron chi connectivity index (χ4n) is 4.29. The van der Waals surface area contributed by atoms with Gasteiger partial charge in [-0.3, -0.25) is 4.90 Å². The Bertz CT molecular complexity index is 629. The summed E-state index contributed by atoms with van der Waals surface area (Å²) >= 11 is 0. The van der Waals surface area contributed by atoms with Crippen molar-refractivity contribution in [2.24, 2.45) is 4.99 Å². The Morgan fingerprint density at radius 2 is 1.55 bits per heavy atom. The average molecular weight is 543 g/mol. The third-order valence-corrected chi connectivity index (χ3v) is 6.17. The predicted octanol–water partition coefficient (Wildman–Crippen LogP) is 2.98. The minimum Gasteiger partial charge on any atom is -0.357 e. The molecular weight excluding hydrogens is 499 g/mol. The molecule has 1 aromatic rings. The van der Waals surface area contributed by atoms with Crippen LogP contribution in [0.2, 0.25) is 0 Å². The van der Waals surface area contributed by atoms with Crippen molar-refractivity contribution in [1.82, 2.24) is 25.3 Å². The zero-order valence-corrected chi connectivity index (χ0v) is 21.9. The van der Waals surface area contributed by atoms with Crippen molar-refractivity contribution in [3.8, 4) is 0 Å². The van der Waals surface area contributed by atoms with Gasteiger partial charge < -0.3 is 20.4 Å². The molecular formula is C24H43IN6. The first-order chi connectivity index (χ1) is 14.7. The Morgan fingerprint density at radius 1 is 0.839 bits per heavy atom. The number of aliphatic imine (C=N–C) groups is 1. The van der Waals surface area contributed by atoms with Crippen LogP contribution in [0.25, 0.3) is 0 Å². The lowest BCUT2D eigenvalue weighted by molar-refractivity contribution is 0.221. The van der Waals surface area contributed by atoms with Gasteiger partial charge in [0.1, 0.15) is 0 Å². The fraction of sp³-hybridized carbons (Fsp3) is 0.708. The highest BCUT2D eigenvalue weighted by Gasteiger charge is 2.12. The average Bonchev–Trinajstić information content (AvgIpc) is 2.98. The van der Waals surface area contributed by atoms with Gasteiger partial charge in [-0.1, -0.05) is 30.7 Å². The highest BCUT2D eigenvalue weighted by atomic mass is 127. The molecule has 0 radical (unpaired) electrons. The first kappa shape index (κ1) is 26.4. The molecule has 2 saturated heterocycles. The quantitative estimate of drug-likeness (QED) is 0.301. The molecule has 6 nitrogen and oxygen atoms in total. The number of piperidine rings is 1. The Hall–Kier alpha value is -0.900. The number of rotatable bonds is 8. The standard InChI is InChI=1S/C24H42N6.HI/c1-3-25-24(26-12-17-29-16-7-13-28(2)18-19-29)27-20-22-8-10-23(11-9-22)21-30-14-5-4-6-15-30;/h8-11H,3-7,12-21H2,1-2H3,(H2,25,26,27);1H. The molecule has 2 N–H and O–H groups in total. The van der Waals surface area contributed by atoms with Crippen LogP contribution in [0.4, 0.5) is 0 Å². The van der Waals surface area contributed by atoms with E-state index in [-0.39, 0.29) is 24.0 Å². The zero-order chi connectivity index (χ0) is 21.0. The summed E-state index contributed by atoms with van der Waals surface area (Å²) in [5.41, 5.74) is 2.68. The lowest BCUT2D eigenvalue weighted by Crippen LogP contribution is -2.42. The maximum atomic E-state index is 4.80. The molecule has 2 aliphatic rings. The second-order valence-corrected chi connectivity index (χ2v) is 8.77. The Balaban J connectivity index is 0.00000341. The maximum absolute atomic E-state index is 4.80. The van der Waals surface area contributed by atoms with Gasteiger partial charge in [0.15, 0.2) is 5.96 Å². The summed E-state index contributed by atoms with van der Waals surface area (Å²) in [6.45, 7) is 14.1. The highest BCUT2D eigenvalue weighted by molar-refractivity contribution is 14.0. The van der Waals surface area contributed by atoms with Gasteiger partial charge in [-0.2, -0.15) is 0 Å². The van der Waals surface area contributed by atoms with E-state index in [1.165, 1.54) is 69.5 Å². The molecule has 0 aliphatic carbocycles. The molecule has 2 aliphatic heterocycles. The van der Waals surface area contributed by atoms with E-state index in [2.05, 4.69) is 63.6 Å². The SMILES string of the molecule is CCNC(=NCc1ccc(CN2CCCCC2)cc1)NCCN1CCCN(C)CC1.I. The van der Waals surface area contributed by atoms with Crippen molar-refractivity contribution in [1.29, 1.82) is 0 Å². The monoisotopic (exact) mass is 542 g/mol. The van der Waals surface area contributed by atoms with E-state index >= 15 is 0 Å². The molecule has 2 fully saturated rings. The first-order valence-electron chi connectivity index (χ1n) is 12.0. The lowest BCUT2D eigenvalue weighted by atomic mass is 10.1. The van der Waals surface area contributed by atoms with Crippen molar-refractivity contribution < 1.29 is 0 Å². The number of benzene rings is 1. The summed E-state index contributed by atoms with van der Waals surface area (Å²) in [6.07, 6.45) is 5.35. The summed E-state index contributed by atoms with van der Waals surface area (Å²) in [5, 5.41) is 6.89. The molecule has 1 aromatic carbocycles. The van der Waals surface area contributed by atoms with Crippen LogP contribution in [0, 0.1) is 0 Å². The van der Waals surface area contributed by atoms with Crippen LogP contribution in [0.3, 0.4) is 0 Å². The summed E-state index contributed by atoms with van der Waals surface area (Å²) in [6, 6.07) is 9.02. The van der Waals surface area contributed by atoms with E-state index in [0.717, 1.165) is 38.7 Å². The molecule has 0 spiro atoms. The van der Waals surface area contributed by atoms with Crippen LogP contribution in [0.5, 0.6) is 0 Å². The third-order valence-electron chi connectivity index (χ3n) is 6.17. The van der Waals surface area contributed by atoms with E-state index in [1.54, 1.807) is 0 Å². The minimum absolute atomic E-state index is 0. The van der Waals surface area contributed by atoms with Crippen molar-refractivity contribution in [3.05, 3.63) is 35.4 Å². The van der Waals surface area contributed by atoms with Crippen molar-refractivity contribution in [3.63, 3.8) is 0 Å². The minimum atomic E-state index is 0. The topological polar surface area (TPSA) is 46.1 Å². The molecule has 7 heteroatoms. The van der Waals surface area contributed by atoms with Crippen molar-refractivity contribution in [2.45, 2.75) is 45.7 Å². The molecule has 176 valence electrons. The van der Waals surface area contributed by atoms with E-state index in [4.69, 9.17) is 4.99 Å². The number of nitrogens with one attached hydrogen (secondary N) is 2. The number of nitrogens with zero attached hydrogens (tertiary/aromatic N) is 4. The molecule has 0 unspecified atom stereocenters. The lowest BCUT2D eigenvalue weighted by Gasteiger charge is -2.26. The molecule has 0 atom stereocenters. The number of likely N-dealkylation sites (tertiary alicyclic amines) is 1. The van der Waals surface area contributed by atoms with Crippen LogP contribution in [0.1, 0.15) is 43.7 Å². The molecule has 2 heterocycles. The number of likely N-dealkylation sites (N-methyl/N-ethyl adjacent to an activating group) is 1. The number of hydrogen-bond donors (Lipinski definition) is 2. The van der Waals surface area contributed by atoms with Gasteiger partial charge in [0.05, 0.1) is 6.54 Å². The van der Waals surface area contributed by atoms with E-state index in [9.17, 15) is 0 Å². The van der Waals surface area contributed by atoms with Crippen molar-refractivity contribution >= 4 is 29.9 Å². The number of guanidine groups is 1. The molecule has 0 bridgehead atoms. The van der Waals surface area contributed by atoms with E-state index < -0.39 is 0 Å². The second kappa shape index (κ2) is 15.0. The van der Waals surface area contributed by atoms with Crippen LogP contribution in [-0.2, 0) is 13.1 Å². The Morgan fingerprint density at radius 3 is 2.29 bits per heavy atom. The molecule has 0 aromatic heterocycles. The maximum Gasteiger partial charge on any atom is 0.191 e. The first-order valence-corrected chi connectivity index (χ1v) is 12.0. The van der Waals surface area contributed by atoms with Gasteiger partial charge in [0.2, 0.25) is 0 Å². The van der Waals surface area contributed by atoms with Crippen LogP contribution < -0.4 is 10.6 Å². The third kappa shape index (κ3) is 10.1. The smallest absolute Gasteiger partial charge is 0.191 e. The van der Waals surface area contributed by atoms with Crippen molar-refractivity contribution in [2.75, 3.05) is 66.0 Å². The summed E-state index contributed by atoms with van der Waals surface area (Å²) in [5.74, 6) is 0.918. The normalized spacial score (nSPS) is 19.5.